The van der Waals surface area contributed by atoms with Crippen LogP contribution in [0.15, 0.2) is 42.7 Å². The Morgan fingerprint density at radius 2 is 2.00 bits per heavy atom. The smallest absolute Gasteiger partial charge is 0.0521 e. The van der Waals surface area contributed by atoms with E-state index in [1.165, 1.54) is 11.1 Å². The maximum absolute atomic E-state index is 6.29. The lowest BCUT2D eigenvalue weighted by molar-refractivity contribution is 0.458. The van der Waals surface area contributed by atoms with Gasteiger partial charge in [0.15, 0.2) is 0 Å². The highest BCUT2D eigenvalue weighted by Crippen LogP contribution is 2.33. The van der Waals surface area contributed by atoms with Crippen molar-refractivity contribution in [3.63, 3.8) is 0 Å². The van der Waals surface area contributed by atoms with Gasteiger partial charge < -0.3 is 0 Å². The highest BCUT2D eigenvalue weighted by molar-refractivity contribution is 6.18. The van der Waals surface area contributed by atoms with E-state index in [0.29, 0.717) is 5.88 Å². The molecule has 2 nitrogen and oxygen atoms in total. The second kappa shape index (κ2) is 5.57. The SMILES string of the molecule is CCC(CCl)(Cc1cnn(C)c1)c1ccccc1. The number of nitrogens with zero attached hydrogens (tertiary/aromatic N) is 2. The van der Waals surface area contributed by atoms with Crippen LogP contribution in [-0.2, 0) is 18.9 Å². The number of halogens is 1. The zero-order valence-corrected chi connectivity index (χ0v) is 11.7. The summed E-state index contributed by atoms with van der Waals surface area (Å²) < 4.78 is 1.84. The van der Waals surface area contributed by atoms with E-state index in [9.17, 15) is 0 Å². The van der Waals surface area contributed by atoms with Crippen molar-refractivity contribution in [2.45, 2.75) is 25.2 Å². The Morgan fingerprint density at radius 1 is 1.28 bits per heavy atom. The van der Waals surface area contributed by atoms with Crippen LogP contribution in [0.4, 0.5) is 0 Å². The number of alkyl halides is 1. The molecule has 0 aliphatic carbocycles. The van der Waals surface area contributed by atoms with Crippen LogP contribution in [-0.4, -0.2) is 15.7 Å². The van der Waals surface area contributed by atoms with Crippen LogP contribution in [0.3, 0.4) is 0 Å². The first-order chi connectivity index (χ1) is 8.70. The highest BCUT2D eigenvalue weighted by atomic mass is 35.5. The van der Waals surface area contributed by atoms with E-state index in [0.717, 1.165) is 12.8 Å². The first-order valence-corrected chi connectivity index (χ1v) is 6.82. The van der Waals surface area contributed by atoms with Gasteiger partial charge in [0, 0.05) is 24.5 Å². The molecule has 1 aromatic heterocycles. The van der Waals surface area contributed by atoms with Crippen molar-refractivity contribution in [3.8, 4) is 0 Å². The molecule has 0 N–H and O–H groups in total. The average molecular weight is 263 g/mol. The van der Waals surface area contributed by atoms with Gasteiger partial charge >= 0.3 is 0 Å². The minimum absolute atomic E-state index is 0.00580. The van der Waals surface area contributed by atoms with Gasteiger partial charge in [0.05, 0.1) is 6.20 Å². The Morgan fingerprint density at radius 3 is 2.50 bits per heavy atom. The number of aromatic nitrogens is 2. The van der Waals surface area contributed by atoms with Gasteiger partial charge in [-0.1, -0.05) is 37.3 Å². The second-order valence-electron chi connectivity index (χ2n) is 4.83. The molecule has 3 heteroatoms. The maximum atomic E-state index is 6.29. The van der Waals surface area contributed by atoms with Crippen LogP contribution in [0.1, 0.15) is 24.5 Å². The molecule has 18 heavy (non-hydrogen) atoms. The molecule has 0 aliphatic heterocycles. The summed E-state index contributed by atoms with van der Waals surface area (Å²) in [5.41, 5.74) is 2.56. The molecule has 1 aromatic carbocycles. The van der Waals surface area contributed by atoms with Crippen LogP contribution in [0, 0.1) is 0 Å². The molecule has 1 atom stereocenters. The lowest BCUT2D eigenvalue weighted by atomic mass is 9.75. The first kappa shape index (κ1) is 13.2. The molecule has 0 bridgehead atoms. The van der Waals surface area contributed by atoms with Gasteiger partial charge in [-0.3, -0.25) is 4.68 Å². The first-order valence-electron chi connectivity index (χ1n) is 6.29. The summed E-state index contributed by atoms with van der Waals surface area (Å²) in [7, 11) is 1.94. The van der Waals surface area contributed by atoms with Crippen molar-refractivity contribution in [1.29, 1.82) is 0 Å². The van der Waals surface area contributed by atoms with Gasteiger partial charge in [-0.25, -0.2) is 0 Å². The van der Waals surface area contributed by atoms with Crippen molar-refractivity contribution < 1.29 is 0 Å². The molecule has 0 saturated carbocycles. The van der Waals surface area contributed by atoms with Crippen LogP contribution in [0.2, 0.25) is 0 Å². The summed E-state index contributed by atoms with van der Waals surface area (Å²) in [5.74, 6) is 0.627. The molecule has 0 saturated heterocycles. The van der Waals surface area contributed by atoms with Crippen LogP contribution in [0.5, 0.6) is 0 Å². The third-order valence-corrected chi connectivity index (χ3v) is 4.13. The number of rotatable bonds is 5. The Balaban J connectivity index is 2.32. The molecule has 0 radical (unpaired) electrons. The number of aryl methyl sites for hydroxylation is 1. The topological polar surface area (TPSA) is 17.8 Å². The molecule has 1 heterocycles. The summed E-state index contributed by atoms with van der Waals surface area (Å²) >= 11 is 6.29. The predicted octanol–water partition coefficient (Wildman–Crippen LogP) is 3.55. The molecule has 96 valence electrons. The Labute approximate surface area is 114 Å². The Kier molecular flexibility index (Phi) is 4.07. The highest BCUT2D eigenvalue weighted by Gasteiger charge is 2.30. The molecule has 2 aromatic rings. The van der Waals surface area contributed by atoms with Crippen molar-refractivity contribution >= 4 is 11.6 Å². The Hall–Kier alpha value is -1.28. The molecular formula is C15H19ClN2. The third kappa shape index (κ3) is 2.59. The van der Waals surface area contributed by atoms with Crippen LogP contribution < -0.4 is 0 Å². The van der Waals surface area contributed by atoms with Crippen molar-refractivity contribution in [2.24, 2.45) is 7.05 Å². The van der Waals surface area contributed by atoms with E-state index in [2.05, 4.69) is 42.5 Å². The van der Waals surface area contributed by atoms with E-state index < -0.39 is 0 Å². The molecule has 2 rings (SSSR count). The Bertz CT molecular complexity index is 486. The summed E-state index contributed by atoms with van der Waals surface area (Å²) in [4.78, 5) is 0. The molecule has 0 amide bonds. The molecule has 0 fully saturated rings. The molecule has 0 aliphatic rings. The largest absolute Gasteiger partial charge is 0.276 e. The van der Waals surface area contributed by atoms with E-state index in [4.69, 9.17) is 11.6 Å². The van der Waals surface area contributed by atoms with E-state index in [1.807, 2.05) is 24.0 Å². The zero-order valence-electron chi connectivity index (χ0n) is 10.9. The van der Waals surface area contributed by atoms with Crippen LogP contribution >= 0.6 is 11.6 Å². The van der Waals surface area contributed by atoms with Crippen molar-refractivity contribution in [2.75, 3.05) is 5.88 Å². The summed E-state index contributed by atoms with van der Waals surface area (Å²) in [5, 5.41) is 4.24. The summed E-state index contributed by atoms with van der Waals surface area (Å²) in [6.45, 7) is 2.20. The quantitative estimate of drug-likeness (QED) is 0.754. The van der Waals surface area contributed by atoms with Crippen molar-refractivity contribution in [3.05, 3.63) is 53.9 Å². The normalized spacial score (nSPS) is 14.4. The van der Waals surface area contributed by atoms with Gasteiger partial charge in [-0.2, -0.15) is 5.10 Å². The molecule has 1 unspecified atom stereocenters. The van der Waals surface area contributed by atoms with Gasteiger partial charge in [-0.15, -0.1) is 11.6 Å². The summed E-state index contributed by atoms with van der Waals surface area (Å²) in [6, 6.07) is 10.5. The van der Waals surface area contributed by atoms with Gasteiger partial charge in [0.1, 0.15) is 0 Å². The fourth-order valence-electron chi connectivity index (χ4n) is 2.40. The standard InChI is InChI=1S/C15H19ClN2/c1-3-15(12-16,14-7-5-4-6-8-14)9-13-10-17-18(2)11-13/h4-8,10-11H,3,9,12H2,1-2H3. The number of benzene rings is 1. The van der Waals surface area contributed by atoms with Gasteiger partial charge in [0.25, 0.3) is 0 Å². The monoisotopic (exact) mass is 262 g/mol. The predicted molar refractivity (Wildman–Crippen MR) is 76.0 cm³/mol. The van der Waals surface area contributed by atoms with E-state index in [-0.39, 0.29) is 5.41 Å². The lowest BCUT2D eigenvalue weighted by Crippen LogP contribution is -2.30. The molecular weight excluding hydrogens is 244 g/mol. The maximum Gasteiger partial charge on any atom is 0.0521 e. The molecule has 0 spiro atoms. The van der Waals surface area contributed by atoms with Crippen LogP contribution in [0.25, 0.3) is 0 Å². The third-order valence-electron chi connectivity index (χ3n) is 3.62. The average Bonchev–Trinajstić information content (AvgIpc) is 2.82. The number of hydrogen-bond acceptors (Lipinski definition) is 1. The van der Waals surface area contributed by atoms with E-state index in [1.54, 1.807) is 0 Å². The number of hydrogen-bond donors (Lipinski definition) is 0. The van der Waals surface area contributed by atoms with E-state index >= 15 is 0 Å². The summed E-state index contributed by atoms with van der Waals surface area (Å²) in [6.07, 6.45) is 5.96. The van der Waals surface area contributed by atoms with Gasteiger partial charge in [-0.05, 0) is 24.0 Å². The zero-order chi connectivity index (χ0) is 13.0. The minimum atomic E-state index is 0.00580. The second-order valence-corrected chi connectivity index (χ2v) is 5.10. The van der Waals surface area contributed by atoms with Crippen molar-refractivity contribution in [1.82, 2.24) is 9.78 Å². The lowest BCUT2D eigenvalue weighted by Gasteiger charge is -2.31. The van der Waals surface area contributed by atoms with Gasteiger partial charge in [0.2, 0.25) is 0 Å². The fraction of sp³-hybridized carbons (Fsp3) is 0.400. The minimum Gasteiger partial charge on any atom is -0.276 e. The fourth-order valence-corrected chi connectivity index (χ4v) is 2.83.